The average molecular weight is 608 g/mol. The normalized spacial score (nSPS) is 17.0. The van der Waals surface area contributed by atoms with E-state index >= 15 is 0 Å². The van der Waals surface area contributed by atoms with Crippen LogP contribution in [0.25, 0.3) is 0 Å². The molecular formula is C16H8F20N2. The third-order valence-corrected chi connectivity index (χ3v) is 5.04. The van der Waals surface area contributed by atoms with Crippen LogP contribution >= 0.6 is 0 Å². The van der Waals surface area contributed by atoms with Gasteiger partial charge in [-0.1, -0.05) is 0 Å². The molecule has 22 heteroatoms. The topological polar surface area (TPSA) is 47.6 Å². The van der Waals surface area contributed by atoms with Crippen LogP contribution in [0, 0.1) is 28.1 Å². The van der Waals surface area contributed by atoms with E-state index in [4.69, 9.17) is 10.5 Å². The molecule has 0 radical (unpaired) electrons. The number of rotatable bonds is 10. The smallest absolute Gasteiger partial charge is 0.227 e. The summed E-state index contributed by atoms with van der Waals surface area (Å²) in [5.74, 6) is -42.9. The molecule has 0 saturated carbocycles. The largest absolute Gasteiger partial charge is 0.460 e. The fourth-order valence-electron chi connectivity index (χ4n) is 2.61. The van der Waals surface area contributed by atoms with Gasteiger partial charge in [-0.2, -0.15) is 93.9 Å². The lowest BCUT2D eigenvalue weighted by Crippen LogP contribution is -2.75. The molecule has 0 amide bonds. The van der Waals surface area contributed by atoms with Crippen LogP contribution in [0.2, 0.25) is 0 Å². The van der Waals surface area contributed by atoms with Gasteiger partial charge in [0.05, 0.1) is 12.1 Å². The number of nitrogens with zero attached hydrogens (tertiary/aromatic N) is 2. The standard InChI is InChI=1S/C16H8F20N2/c17-8(15(31,32)33,3-1-7(5-37,6-38)2-4-9(18,19)20)10(21,22)11(23,24)12(25,26)13(27,28)14(29,30)16(34,35)36/h1-4H2. The summed E-state index contributed by atoms with van der Waals surface area (Å²) in [5.41, 5.74) is -10.9. The van der Waals surface area contributed by atoms with Gasteiger partial charge in [0.15, 0.2) is 0 Å². The Balaban J connectivity index is 6.92. The Hall–Kier alpha value is -2.42. The van der Waals surface area contributed by atoms with E-state index in [0.717, 1.165) is 0 Å². The van der Waals surface area contributed by atoms with Crippen molar-refractivity contribution >= 4 is 0 Å². The summed E-state index contributed by atoms with van der Waals surface area (Å²) < 4.78 is 262. The summed E-state index contributed by atoms with van der Waals surface area (Å²) in [6.07, 6.45) is -31.2. The van der Waals surface area contributed by atoms with Crippen LogP contribution in [0.4, 0.5) is 87.8 Å². The summed E-state index contributed by atoms with van der Waals surface area (Å²) in [7, 11) is 0. The van der Waals surface area contributed by atoms with Gasteiger partial charge in [-0.05, 0) is 19.3 Å². The van der Waals surface area contributed by atoms with Gasteiger partial charge in [-0.3, -0.25) is 0 Å². The maximum Gasteiger partial charge on any atom is 0.460 e. The second-order valence-corrected chi connectivity index (χ2v) is 7.59. The van der Waals surface area contributed by atoms with Crippen LogP contribution < -0.4 is 0 Å². The average Bonchev–Trinajstić information content (AvgIpc) is 2.71. The van der Waals surface area contributed by atoms with E-state index in [1.165, 1.54) is 0 Å². The second kappa shape index (κ2) is 9.65. The summed E-state index contributed by atoms with van der Waals surface area (Å²) in [6, 6.07) is 1.05. The van der Waals surface area contributed by atoms with Gasteiger partial charge < -0.3 is 0 Å². The van der Waals surface area contributed by atoms with Crippen LogP contribution in [0.5, 0.6) is 0 Å². The minimum absolute atomic E-state index is 0.523. The molecule has 38 heavy (non-hydrogen) atoms. The molecular weight excluding hydrogens is 600 g/mol. The molecule has 0 aromatic heterocycles. The predicted molar refractivity (Wildman–Crippen MR) is 78.9 cm³/mol. The number of hydrogen-bond acceptors (Lipinski definition) is 2. The third kappa shape index (κ3) is 5.49. The highest BCUT2D eigenvalue weighted by Gasteiger charge is 2.94. The van der Waals surface area contributed by atoms with Gasteiger partial charge in [0.1, 0.15) is 5.41 Å². The Morgan fingerprint density at radius 2 is 0.684 bits per heavy atom. The minimum atomic E-state index is -8.80. The molecule has 1 atom stereocenters. The highest BCUT2D eigenvalue weighted by atomic mass is 19.4. The molecule has 0 aromatic rings. The summed E-state index contributed by atoms with van der Waals surface area (Å²) >= 11 is 0. The summed E-state index contributed by atoms with van der Waals surface area (Å²) in [6.45, 7) is 0. The second-order valence-electron chi connectivity index (χ2n) is 7.59. The Kier molecular flexibility index (Phi) is 9.03. The Labute approximate surface area is 196 Å². The molecule has 0 N–H and O–H groups in total. The number of halogens is 20. The zero-order chi connectivity index (χ0) is 31.2. The van der Waals surface area contributed by atoms with Crippen molar-refractivity contribution in [3.05, 3.63) is 0 Å². The molecule has 2 nitrogen and oxygen atoms in total. The van der Waals surface area contributed by atoms with Crippen molar-refractivity contribution in [3.63, 3.8) is 0 Å². The van der Waals surface area contributed by atoms with Gasteiger partial charge >= 0.3 is 48.1 Å². The lowest BCUT2D eigenvalue weighted by molar-refractivity contribution is -0.457. The lowest BCUT2D eigenvalue weighted by Gasteiger charge is -2.44. The van der Waals surface area contributed by atoms with E-state index in [9.17, 15) is 87.8 Å². The van der Waals surface area contributed by atoms with Crippen molar-refractivity contribution in [2.24, 2.45) is 5.41 Å². The molecule has 222 valence electrons. The van der Waals surface area contributed by atoms with E-state index in [2.05, 4.69) is 0 Å². The van der Waals surface area contributed by atoms with E-state index in [-0.39, 0.29) is 0 Å². The first-order valence-corrected chi connectivity index (χ1v) is 8.89. The molecule has 0 heterocycles. The van der Waals surface area contributed by atoms with Crippen molar-refractivity contribution in [1.82, 2.24) is 0 Å². The number of nitriles is 2. The van der Waals surface area contributed by atoms with E-state index in [0.29, 0.717) is 12.1 Å². The van der Waals surface area contributed by atoms with Gasteiger partial charge in [-0.15, -0.1) is 0 Å². The van der Waals surface area contributed by atoms with Crippen LogP contribution in [0.15, 0.2) is 0 Å². The van der Waals surface area contributed by atoms with Crippen LogP contribution in [0.1, 0.15) is 25.7 Å². The lowest BCUT2D eigenvalue weighted by atomic mass is 9.75. The maximum absolute atomic E-state index is 14.5. The molecule has 0 aliphatic heterocycles. The Morgan fingerprint density at radius 1 is 0.368 bits per heavy atom. The number of hydrogen-bond donors (Lipinski definition) is 0. The predicted octanol–water partition coefficient (Wildman–Crippen LogP) is 8.15. The fraction of sp³-hybridized carbons (Fsp3) is 0.875. The minimum Gasteiger partial charge on any atom is -0.227 e. The van der Waals surface area contributed by atoms with Crippen LogP contribution in [-0.4, -0.2) is 53.8 Å². The Bertz CT molecular complexity index is 913. The van der Waals surface area contributed by atoms with Crippen molar-refractivity contribution < 1.29 is 87.8 Å². The van der Waals surface area contributed by atoms with Crippen LogP contribution in [-0.2, 0) is 0 Å². The molecule has 0 bridgehead atoms. The first-order valence-electron chi connectivity index (χ1n) is 8.89. The molecule has 0 aliphatic carbocycles. The maximum atomic E-state index is 14.5. The van der Waals surface area contributed by atoms with Gasteiger partial charge in [0.25, 0.3) is 5.67 Å². The van der Waals surface area contributed by atoms with Crippen molar-refractivity contribution in [1.29, 1.82) is 10.5 Å². The molecule has 0 saturated heterocycles. The summed E-state index contributed by atoms with van der Waals surface area (Å²) in [5, 5.41) is 17.5. The molecule has 0 fully saturated rings. The van der Waals surface area contributed by atoms with Gasteiger partial charge in [0.2, 0.25) is 0 Å². The van der Waals surface area contributed by atoms with Gasteiger partial charge in [-0.25, -0.2) is 4.39 Å². The molecule has 1 unspecified atom stereocenters. The Morgan fingerprint density at radius 3 is 0.974 bits per heavy atom. The highest BCUT2D eigenvalue weighted by Crippen LogP contribution is 2.64. The van der Waals surface area contributed by atoms with E-state index in [1.807, 2.05) is 0 Å². The van der Waals surface area contributed by atoms with Crippen LogP contribution in [0.3, 0.4) is 0 Å². The van der Waals surface area contributed by atoms with Crippen molar-refractivity contribution in [2.75, 3.05) is 0 Å². The molecule has 0 aromatic carbocycles. The SMILES string of the molecule is N#CC(C#N)(CCC(F)(F)F)CCC(F)(C(F)(F)F)C(F)(F)C(F)(F)C(F)(F)C(F)(F)C(F)(F)C(F)(F)F. The molecule has 0 aliphatic rings. The van der Waals surface area contributed by atoms with Gasteiger partial charge in [0, 0.05) is 6.42 Å². The summed E-state index contributed by atoms with van der Waals surface area (Å²) in [4.78, 5) is 0. The number of alkyl halides is 20. The fourth-order valence-corrected chi connectivity index (χ4v) is 2.61. The van der Waals surface area contributed by atoms with E-state index < -0.39 is 84.9 Å². The zero-order valence-corrected chi connectivity index (χ0v) is 17.3. The zero-order valence-electron chi connectivity index (χ0n) is 17.3. The monoisotopic (exact) mass is 608 g/mol. The van der Waals surface area contributed by atoms with Crippen molar-refractivity contribution in [2.45, 2.75) is 79.5 Å². The highest BCUT2D eigenvalue weighted by molar-refractivity contribution is 5.19. The molecule has 0 spiro atoms. The third-order valence-electron chi connectivity index (χ3n) is 5.04. The first kappa shape index (κ1) is 35.6. The van der Waals surface area contributed by atoms with Crippen molar-refractivity contribution in [3.8, 4) is 12.1 Å². The molecule has 0 rings (SSSR count). The quantitative estimate of drug-likeness (QED) is 0.235. The van der Waals surface area contributed by atoms with E-state index in [1.54, 1.807) is 0 Å². The first-order chi connectivity index (χ1) is 16.3.